The molecule has 1 aliphatic rings. The highest BCUT2D eigenvalue weighted by molar-refractivity contribution is 5.83. The van der Waals surface area contributed by atoms with Gasteiger partial charge in [0.05, 0.1) is 0 Å². The second-order valence-corrected chi connectivity index (χ2v) is 5.16. The molecule has 1 aromatic rings. The Hall–Kier alpha value is -2.44. The van der Waals surface area contributed by atoms with E-state index in [0.29, 0.717) is 5.56 Å². The number of carbonyl (C=O) groups is 2. The average molecular weight is 294 g/mol. The van der Waals surface area contributed by atoms with Crippen molar-refractivity contribution in [2.45, 2.75) is 37.8 Å². The van der Waals surface area contributed by atoms with E-state index in [1.807, 2.05) is 0 Å². The Morgan fingerprint density at radius 3 is 2.48 bits per heavy atom. The molecule has 5 N–H and O–H groups in total. The van der Waals surface area contributed by atoms with Crippen LogP contribution in [-0.2, 0) is 11.2 Å². The molecule has 21 heavy (non-hydrogen) atoms. The van der Waals surface area contributed by atoms with Gasteiger partial charge in [-0.15, -0.1) is 0 Å². The SMILES string of the molecule is O=C(NC1CCC1)N[C@@H](Cc1ccc(O)c(O)c1)C(=O)O. The van der Waals surface area contributed by atoms with Gasteiger partial charge < -0.3 is 26.0 Å². The molecular formula is C14H18N2O5. The number of urea groups is 1. The standard InChI is InChI=1S/C14H18N2O5/c17-11-5-4-8(7-12(11)18)6-10(13(19)20)16-14(21)15-9-2-1-3-9/h4-5,7,9-10,17-18H,1-3,6H2,(H,19,20)(H2,15,16,21)/t10-/m0/s1. The normalized spacial score (nSPS) is 15.8. The van der Waals surface area contributed by atoms with E-state index in [4.69, 9.17) is 5.11 Å². The minimum atomic E-state index is -1.16. The van der Waals surface area contributed by atoms with E-state index in [-0.39, 0.29) is 24.0 Å². The summed E-state index contributed by atoms with van der Waals surface area (Å²) in [6.07, 6.45) is 2.91. The average Bonchev–Trinajstić information content (AvgIpc) is 2.37. The number of hydrogen-bond donors (Lipinski definition) is 5. The Kier molecular flexibility index (Phi) is 4.52. The molecule has 0 saturated heterocycles. The largest absolute Gasteiger partial charge is 0.504 e. The van der Waals surface area contributed by atoms with Crippen LogP contribution in [0.5, 0.6) is 11.5 Å². The van der Waals surface area contributed by atoms with Crippen molar-refractivity contribution in [1.82, 2.24) is 10.6 Å². The molecule has 0 bridgehead atoms. The summed E-state index contributed by atoms with van der Waals surface area (Å²) in [5, 5.41) is 32.9. The highest BCUT2D eigenvalue weighted by atomic mass is 16.4. The van der Waals surface area contributed by atoms with Gasteiger partial charge >= 0.3 is 12.0 Å². The summed E-state index contributed by atoms with van der Waals surface area (Å²) in [6, 6.07) is 2.56. The number of carboxylic acids is 1. The van der Waals surface area contributed by atoms with Crippen LogP contribution in [0, 0.1) is 0 Å². The van der Waals surface area contributed by atoms with Gasteiger partial charge in [-0.25, -0.2) is 9.59 Å². The summed E-state index contributed by atoms with van der Waals surface area (Å²) in [5.74, 6) is -1.76. The number of rotatable bonds is 5. The fourth-order valence-corrected chi connectivity index (χ4v) is 2.07. The molecule has 1 saturated carbocycles. The van der Waals surface area contributed by atoms with E-state index >= 15 is 0 Å². The molecule has 7 heteroatoms. The Labute approximate surface area is 121 Å². The number of benzene rings is 1. The maximum Gasteiger partial charge on any atom is 0.326 e. The van der Waals surface area contributed by atoms with Crippen LogP contribution in [0.2, 0.25) is 0 Å². The predicted molar refractivity (Wildman–Crippen MR) is 74.2 cm³/mol. The number of nitrogens with one attached hydrogen (secondary N) is 2. The second-order valence-electron chi connectivity index (χ2n) is 5.16. The van der Waals surface area contributed by atoms with Crippen LogP contribution in [0.4, 0.5) is 4.79 Å². The maximum atomic E-state index is 11.7. The molecule has 1 aromatic carbocycles. The summed E-state index contributed by atoms with van der Waals surface area (Å²) >= 11 is 0. The fourth-order valence-electron chi connectivity index (χ4n) is 2.07. The van der Waals surface area contributed by atoms with Crippen molar-refractivity contribution < 1.29 is 24.9 Å². The van der Waals surface area contributed by atoms with E-state index in [2.05, 4.69) is 10.6 Å². The first kappa shape index (κ1) is 15.0. The summed E-state index contributed by atoms with van der Waals surface area (Å²) in [5.41, 5.74) is 0.502. The van der Waals surface area contributed by atoms with Crippen molar-refractivity contribution in [3.63, 3.8) is 0 Å². The predicted octanol–water partition coefficient (Wildman–Crippen LogP) is 0.945. The topological polar surface area (TPSA) is 119 Å². The molecular weight excluding hydrogens is 276 g/mol. The fraction of sp³-hybridized carbons (Fsp3) is 0.429. The molecule has 1 atom stereocenters. The minimum Gasteiger partial charge on any atom is -0.504 e. The van der Waals surface area contributed by atoms with Gasteiger partial charge in [0.25, 0.3) is 0 Å². The Bertz CT molecular complexity index is 542. The molecule has 114 valence electrons. The highest BCUT2D eigenvalue weighted by Gasteiger charge is 2.24. The lowest BCUT2D eigenvalue weighted by atomic mass is 9.93. The van der Waals surface area contributed by atoms with Crippen LogP contribution in [0.3, 0.4) is 0 Å². The van der Waals surface area contributed by atoms with Crippen LogP contribution < -0.4 is 10.6 Å². The van der Waals surface area contributed by atoms with Crippen LogP contribution in [-0.4, -0.2) is 39.4 Å². The highest BCUT2D eigenvalue weighted by Crippen LogP contribution is 2.25. The third-order valence-corrected chi connectivity index (χ3v) is 3.52. The Balaban J connectivity index is 1.96. The molecule has 0 unspecified atom stereocenters. The first-order valence-corrected chi connectivity index (χ1v) is 6.76. The number of aromatic hydroxyl groups is 2. The van der Waals surface area contributed by atoms with Crippen LogP contribution in [0.25, 0.3) is 0 Å². The Morgan fingerprint density at radius 2 is 1.95 bits per heavy atom. The first-order valence-electron chi connectivity index (χ1n) is 6.76. The molecule has 1 fully saturated rings. The molecule has 2 amide bonds. The van der Waals surface area contributed by atoms with Gasteiger partial charge in [0.2, 0.25) is 0 Å². The molecule has 0 spiro atoms. The molecule has 0 aromatic heterocycles. The smallest absolute Gasteiger partial charge is 0.326 e. The number of phenols is 2. The zero-order chi connectivity index (χ0) is 15.4. The van der Waals surface area contributed by atoms with E-state index in [1.165, 1.54) is 18.2 Å². The van der Waals surface area contributed by atoms with Gasteiger partial charge in [-0.1, -0.05) is 6.07 Å². The van der Waals surface area contributed by atoms with Crippen molar-refractivity contribution in [3.8, 4) is 11.5 Å². The summed E-state index contributed by atoms with van der Waals surface area (Å²) < 4.78 is 0. The van der Waals surface area contributed by atoms with Crippen molar-refractivity contribution in [1.29, 1.82) is 0 Å². The minimum absolute atomic E-state index is 0.0151. The molecule has 1 aliphatic carbocycles. The lowest BCUT2D eigenvalue weighted by Gasteiger charge is -2.27. The van der Waals surface area contributed by atoms with E-state index in [9.17, 15) is 19.8 Å². The third-order valence-electron chi connectivity index (χ3n) is 3.52. The number of amides is 2. The van der Waals surface area contributed by atoms with E-state index < -0.39 is 18.0 Å². The molecule has 2 rings (SSSR count). The van der Waals surface area contributed by atoms with Gasteiger partial charge in [0, 0.05) is 12.5 Å². The summed E-state index contributed by atoms with van der Waals surface area (Å²) in [6.45, 7) is 0. The number of carbonyl (C=O) groups excluding carboxylic acids is 1. The maximum absolute atomic E-state index is 11.7. The quantitative estimate of drug-likeness (QED) is 0.518. The van der Waals surface area contributed by atoms with Crippen LogP contribution in [0.1, 0.15) is 24.8 Å². The van der Waals surface area contributed by atoms with Gasteiger partial charge in [-0.05, 0) is 37.0 Å². The zero-order valence-corrected chi connectivity index (χ0v) is 11.4. The van der Waals surface area contributed by atoms with Crippen molar-refractivity contribution in [3.05, 3.63) is 23.8 Å². The molecule has 0 aliphatic heterocycles. The molecule has 7 nitrogen and oxygen atoms in total. The molecule has 0 radical (unpaired) electrons. The lowest BCUT2D eigenvalue weighted by molar-refractivity contribution is -0.139. The van der Waals surface area contributed by atoms with Crippen LogP contribution in [0.15, 0.2) is 18.2 Å². The molecule has 0 heterocycles. The number of hydrogen-bond acceptors (Lipinski definition) is 4. The summed E-state index contributed by atoms with van der Waals surface area (Å²) in [4.78, 5) is 22.9. The lowest BCUT2D eigenvalue weighted by Crippen LogP contribution is -2.51. The van der Waals surface area contributed by atoms with Crippen molar-refractivity contribution >= 4 is 12.0 Å². The second kappa shape index (κ2) is 6.34. The number of phenolic OH excluding ortho intramolecular Hbond substituents is 2. The third kappa shape index (κ3) is 4.01. The van der Waals surface area contributed by atoms with Gasteiger partial charge in [-0.2, -0.15) is 0 Å². The first-order chi connectivity index (χ1) is 9.95. The van der Waals surface area contributed by atoms with Gasteiger partial charge in [0.1, 0.15) is 6.04 Å². The Morgan fingerprint density at radius 1 is 1.24 bits per heavy atom. The zero-order valence-electron chi connectivity index (χ0n) is 11.4. The monoisotopic (exact) mass is 294 g/mol. The van der Waals surface area contributed by atoms with Crippen LogP contribution >= 0.6 is 0 Å². The van der Waals surface area contributed by atoms with Crippen molar-refractivity contribution in [2.75, 3.05) is 0 Å². The van der Waals surface area contributed by atoms with Gasteiger partial charge in [-0.3, -0.25) is 0 Å². The number of aliphatic carboxylic acids is 1. The van der Waals surface area contributed by atoms with Gasteiger partial charge in [0.15, 0.2) is 11.5 Å². The van der Waals surface area contributed by atoms with E-state index in [0.717, 1.165) is 19.3 Å². The summed E-state index contributed by atoms with van der Waals surface area (Å²) in [7, 11) is 0. The van der Waals surface area contributed by atoms with Crippen molar-refractivity contribution in [2.24, 2.45) is 0 Å². The van der Waals surface area contributed by atoms with E-state index in [1.54, 1.807) is 0 Å². The number of carboxylic acid groups (broad SMARTS) is 1.